The molecule has 1 unspecified atom stereocenters. The molecule has 5 nitrogen and oxygen atoms in total. The molecular formula is C20H27Cl2N3O2. The Hall–Kier alpha value is -1.30. The minimum absolute atomic E-state index is 0.0900. The minimum atomic E-state index is -0.676. The molecule has 0 aliphatic carbocycles. The van der Waals surface area contributed by atoms with Gasteiger partial charge in [-0.05, 0) is 63.8 Å². The van der Waals surface area contributed by atoms with Crippen molar-refractivity contribution in [2.75, 3.05) is 19.6 Å². The first-order valence-corrected chi connectivity index (χ1v) is 10.3. The Bertz CT molecular complexity index is 730. The van der Waals surface area contributed by atoms with Gasteiger partial charge in [-0.15, -0.1) is 0 Å². The third kappa shape index (κ3) is 4.10. The second kappa shape index (κ2) is 7.98. The molecule has 0 radical (unpaired) electrons. The first-order valence-electron chi connectivity index (χ1n) is 9.52. The zero-order valence-electron chi connectivity index (χ0n) is 15.9. The van der Waals surface area contributed by atoms with Gasteiger partial charge < -0.3 is 10.6 Å². The van der Waals surface area contributed by atoms with E-state index in [9.17, 15) is 9.59 Å². The SMILES string of the molecule is CC(C)(C(=O)N1CCC(N2CCCC2C(N)=O)CC1)c1ccc(Cl)c(Cl)c1. The molecule has 0 aromatic heterocycles. The van der Waals surface area contributed by atoms with Crippen LogP contribution in [0.4, 0.5) is 0 Å². The summed E-state index contributed by atoms with van der Waals surface area (Å²) < 4.78 is 0. The van der Waals surface area contributed by atoms with Crippen molar-refractivity contribution in [1.29, 1.82) is 0 Å². The monoisotopic (exact) mass is 411 g/mol. The number of nitrogens with two attached hydrogens (primary N) is 1. The van der Waals surface area contributed by atoms with Crippen LogP contribution < -0.4 is 5.73 Å². The first-order chi connectivity index (χ1) is 12.7. The maximum Gasteiger partial charge on any atom is 0.234 e. The smallest absolute Gasteiger partial charge is 0.234 e. The highest BCUT2D eigenvalue weighted by Crippen LogP contribution is 2.33. The average Bonchev–Trinajstić information content (AvgIpc) is 3.13. The van der Waals surface area contributed by atoms with Crippen molar-refractivity contribution in [3.63, 3.8) is 0 Å². The fourth-order valence-corrected chi connectivity index (χ4v) is 4.63. The van der Waals surface area contributed by atoms with E-state index in [1.54, 1.807) is 12.1 Å². The van der Waals surface area contributed by atoms with Gasteiger partial charge in [0.15, 0.2) is 0 Å². The summed E-state index contributed by atoms with van der Waals surface area (Å²) in [5.41, 5.74) is 5.73. The van der Waals surface area contributed by atoms with E-state index in [4.69, 9.17) is 28.9 Å². The fraction of sp³-hybridized carbons (Fsp3) is 0.600. The van der Waals surface area contributed by atoms with Crippen molar-refractivity contribution >= 4 is 35.0 Å². The number of carbonyl (C=O) groups is 2. The third-order valence-corrected chi connectivity index (χ3v) is 6.76. The number of rotatable bonds is 4. The molecule has 2 saturated heterocycles. The lowest BCUT2D eigenvalue weighted by Gasteiger charge is -2.41. The van der Waals surface area contributed by atoms with E-state index in [2.05, 4.69) is 4.90 Å². The van der Waals surface area contributed by atoms with Crippen molar-refractivity contribution in [3.05, 3.63) is 33.8 Å². The molecule has 0 spiro atoms. The van der Waals surface area contributed by atoms with Crippen molar-refractivity contribution in [2.45, 2.75) is 57.0 Å². The van der Waals surface area contributed by atoms with Crippen LogP contribution in [0.15, 0.2) is 18.2 Å². The molecule has 2 N–H and O–H groups in total. The predicted molar refractivity (Wildman–Crippen MR) is 108 cm³/mol. The zero-order valence-corrected chi connectivity index (χ0v) is 17.4. The summed E-state index contributed by atoms with van der Waals surface area (Å²) in [4.78, 5) is 29.0. The first kappa shape index (κ1) is 20.4. The molecule has 2 amide bonds. The maximum atomic E-state index is 13.2. The van der Waals surface area contributed by atoms with Gasteiger partial charge in [0.05, 0.1) is 21.5 Å². The largest absolute Gasteiger partial charge is 0.368 e. The summed E-state index contributed by atoms with van der Waals surface area (Å²) in [7, 11) is 0. The van der Waals surface area contributed by atoms with Crippen LogP contribution in [-0.4, -0.2) is 53.3 Å². The molecule has 2 heterocycles. The quantitative estimate of drug-likeness (QED) is 0.826. The summed E-state index contributed by atoms with van der Waals surface area (Å²) in [6.45, 7) is 6.14. The van der Waals surface area contributed by atoms with Crippen LogP contribution in [0.2, 0.25) is 10.0 Å². The molecule has 7 heteroatoms. The van der Waals surface area contributed by atoms with Gasteiger partial charge in [0.1, 0.15) is 0 Å². The van der Waals surface area contributed by atoms with Crippen molar-refractivity contribution in [3.8, 4) is 0 Å². The summed E-state index contributed by atoms with van der Waals surface area (Å²) in [6, 6.07) is 5.54. The lowest BCUT2D eigenvalue weighted by molar-refractivity contribution is -0.138. The number of amides is 2. The van der Waals surface area contributed by atoms with Crippen molar-refractivity contribution < 1.29 is 9.59 Å². The average molecular weight is 412 g/mol. The van der Waals surface area contributed by atoms with Crippen LogP contribution in [0.5, 0.6) is 0 Å². The van der Waals surface area contributed by atoms with Gasteiger partial charge in [-0.1, -0.05) is 29.3 Å². The summed E-state index contributed by atoms with van der Waals surface area (Å²) >= 11 is 12.1. The number of hydrogen-bond donors (Lipinski definition) is 1. The predicted octanol–water partition coefficient (Wildman–Crippen LogP) is 3.21. The van der Waals surface area contributed by atoms with Crippen LogP contribution in [-0.2, 0) is 15.0 Å². The number of benzene rings is 1. The van der Waals surface area contributed by atoms with Crippen LogP contribution >= 0.6 is 23.2 Å². The summed E-state index contributed by atoms with van der Waals surface area (Å²) in [5, 5.41) is 0.944. The highest BCUT2D eigenvalue weighted by atomic mass is 35.5. The molecule has 1 atom stereocenters. The lowest BCUT2D eigenvalue weighted by Crippen LogP contribution is -2.53. The molecular weight excluding hydrogens is 385 g/mol. The molecule has 2 fully saturated rings. The molecule has 1 aromatic rings. The lowest BCUT2D eigenvalue weighted by atomic mass is 9.82. The van der Waals surface area contributed by atoms with Crippen LogP contribution in [0.3, 0.4) is 0 Å². The molecule has 3 rings (SSSR count). The second-order valence-electron chi connectivity index (χ2n) is 8.08. The van der Waals surface area contributed by atoms with Gasteiger partial charge in [-0.2, -0.15) is 0 Å². The number of piperidine rings is 1. The standard InChI is InChI=1S/C20H27Cl2N3O2/c1-20(2,13-5-6-15(21)16(22)12-13)19(27)24-10-7-14(8-11-24)25-9-3-4-17(25)18(23)26/h5-6,12,14,17H,3-4,7-11H2,1-2H3,(H2,23,26). The number of carbonyl (C=O) groups excluding carboxylic acids is 2. The van der Waals surface area contributed by atoms with E-state index in [0.717, 1.165) is 37.8 Å². The van der Waals surface area contributed by atoms with Gasteiger partial charge in [-0.25, -0.2) is 0 Å². The van der Waals surface area contributed by atoms with E-state index in [-0.39, 0.29) is 17.9 Å². The van der Waals surface area contributed by atoms with E-state index in [1.807, 2.05) is 24.8 Å². The normalized spacial score (nSPS) is 22.2. The Labute approximate surface area is 170 Å². The third-order valence-electron chi connectivity index (χ3n) is 6.02. The number of primary amides is 1. The van der Waals surface area contributed by atoms with E-state index < -0.39 is 5.41 Å². The van der Waals surface area contributed by atoms with Crippen molar-refractivity contribution in [2.24, 2.45) is 5.73 Å². The van der Waals surface area contributed by atoms with Gasteiger partial charge in [0.25, 0.3) is 0 Å². The topological polar surface area (TPSA) is 66.6 Å². The zero-order chi connectivity index (χ0) is 19.8. The summed E-state index contributed by atoms with van der Waals surface area (Å²) in [6.07, 6.45) is 3.59. The number of nitrogens with zero attached hydrogens (tertiary/aromatic N) is 2. The highest BCUT2D eigenvalue weighted by molar-refractivity contribution is 6.42. The van der Waals surface area contributed by atoms with Gasteiger partial charge in [0, 0.05) is 19.1 Å². The molecule has 27 heavy (non-hydrogen) atoms. The Morgan fingerprint density at radius 3 is 2.33 bits per heavy atom. The highest BCUT2D eigenvalue weighted by Gasteiger charge is 2.39. The van der Waals surface area contributed by atoms with Crippen molar-refractivity contribution in [1.82, 2.24) is 9.80 Å². The van der Waals surface area contributed by atoms with E-state index in [0.29, 0.717) is 29.2 Å². The molecule has 1 aromatic carbocycles. The maximum absolute atomic E-state index is 13.2. The molecule has 148 valence electrons. The van der Waals surface area contributed by atoms with Gasteiger partial charge in [0.2, 0.25) is 11.8 Å². The molecule has 2 aliphatic rings. The molecule has 0 saturated carbocycles. The van der Waals surface area contributed by atoms with Crippen LogP contribution in [0, 0.1) is 0 Å². The molecule has 2 aliphatic heterocycles. The van der Waals surface area contributed by atoms with Crippen LogP contribution in [0.1, 0.15) is 45.1 Å². The Morgan fingerprint density at radius 1 is 1.07 bits per heavy atom. The number of likely N-dealkylation sites (tertiary alicyclic amines) is 2. The fourth-order valence-electron chi connectivity index (χ4n) is 4.34. The number of halogens is 2. The number of hydrogen-bond acceptors (Lipinski definition) is 3. The van der Waals surface area contributed by atoms with E-state index in [1.165, 1.54) is 0 Å². The molecule has 0 bridgehead atoms. The Morgan fingerprint density at radius 2 is 1.74 bits per heavy atom. The Kier molecular flexibility index (Phi) is 6.04. The summed E-state index contributed by atoms with van der Waals surface area (Å²) in [5.74, 6) is -0.140. The van der Waals surface area contributed by atoms with Crippen LogP contribution in [0.25, 0.3) is 0 Å². The second-order valence-corrected chi connectivity index (χ2v) is 8.89. The van der Waals surface area contributed by atoms with E-state index >= 15 is 0 Å². The van der Waals surface area contributed by atoms with Gasteiger partial charge in [-0.3, -0.25) is 14.5 Å². The van der Waals surface area contributed by atoms with Gasteiger partial charge >= 0.3 is 0 Å². The Balaban J connectivity index is 1.65. The minimum Gasteiger partial charge on any atom is -0.368 e.